The maximum absolute atomic E-state index is 9.00. The third-order valence-electron chi connectivity index (χ3n) is 1.70. The molecule has 0 aliphatic heterocycles. The van der Waals surface area contributed by atoms with Crippen molar-refractivity contribution in [1.82, 2.24) is 0 Å². The Kier molecular flexibility index (Phi) is 3.39. The van der Waals surface area contributed by atoms with Crippen molar-refractivity contribution in [2.45, 2.75) is 6.61 Å². The smallest absolute Gasteiger partial charge is 0.143 e. The summed E-state index contributed by atoms with van der Waals surface area (Å²) in [6.07, 6.45) is 0. The quantitative estimate of drug-likeness (QED) is 0.813. The number of benzene rings is 1. The topological polar surface area (TPSA) is 38.7 Å². The van der Waals surface area contributed by atoms with Crippen molar-refractivity contribution >= 4 is 11.6 Å². The molecule has 0 heterocycles. The molecule has 13 heavy (non-hydrogen) atoms. The van der Waals surface area contributed by atoms with Crippen molar-refractivity contribution in [2.24, 2.45) is 0 Å². The van der Waals surface area contributed by atoms with Gasteiger partial charge in [-0.2, -0.15) is 0 Å². The predicted molar refractivity (Wildman–Crippen MR) is 50.5 cm³/mol. The third-order valence-corrected chi connectivity index (χ3v) is 1.98. The summed E-state index contributed by atoms with van der Waals surface area (Å²) in [4.78, 5) is 0. The molecular weight excluding hydrogens is 192 g/mol. The van der Waals surface area contributed by atoms with Crippen LogP contribution in [0.5, 0.6) is 11.5 Å². The summed E-state index contributed by atoms with van der Waals surface area (Å²) in [5.41, 5.74) is 0.617. The molecule has 1 aromatic rings. The summed E-state index contributed by atoms with van der Waals surface area (Å²) in [6.45, 7) is -0.125. The second-order valence-corrected chi connectivity index (χ2v) is 2.87. The Hall–Kier alpha value is -0.930. The second kappa shape index (κ2) is 4.35. The zero-order chi connectivity index (χ0) is 9.84. The first kappa shape index (κ1) is 10.2. The largest absolute Gasteiger partial charge is 0.497 e. The molecule has 0 fully saturated rings. The summed E-state index contributed by atoms with van der Waals surface area (Å²) in [6, 6.07) is 3.32. The molecule has 0 aliphatic rings. The molecule has 0 saturated heterocycles. The van der Waals surface area contributed by atoms with Gasteiger partial charge in [-0.15, -0.1) is 0 Å². The van der Waals surface area contributed by atoms with E-state index < -0.39 is 0 Å². The molecule has 0 amide bonds. The SMILES string of the molecule is COc1cc(Cl)c(OC)c(CO)c1. The lowest BCUT2D eigenvalue weighted by molar-refractivity contribution is 0.273. The molecule has 72 valence electrons. The van der Waals surface area contributed by atoms with Gasteiger partial charge in [-0.1, -0.05) is 11.6 Å². The number of rotatable bonds is 3. The van der Waals surface area contributed by atoms with E-state index in [4.69, 9.17) is 26.2 Å². The fraction of sp³-hybridized carbons (Fsp3) is 0.333. The Morgan fingerprint density at radius 1 is 1.31 bits per heavy atom. The van der Waals surface area contributed by atoms with Crippen LogP contribution in [0.25, 0.3) is 0 Å². The van der Waals surface area contributed by atoms with Crippen molar-refractivity contribution in [3.63, 3.8) is 0 Å². The van der Waals surface area contributed by atoms with Gasteiger partial charge in [0.15, 0.2) is 0 Å². The Bertz CT molecular complexity index is 299. The minimum atomic E-state index is -0.125. The van der Waals surface area contributed by atoms with E-state index in [2.05, 4.69) is 0 Å². The van der Waals surface area contributed by atoms with Gasteiger partial charge in [0.05, 0.1) is 25.8 Å². The number of halogens is 1. The number of aliphatic hydroxyl groups is 1. The minimum absolute atomic E-state index is 0.125. The van der Waals surface area contributed by atoms with Gasteiger partial charge >= 0.3 is 0 Å². The number of methoxy groups -OCH3 is 2. The summed E-state index contributed by atoms with van der Waals surface area (Å²) in [5, 5.41) is 9.44. The molecular formula is C9H11ClO3. The monoisotopic (exact) mass is 202 g/mol. The molecule has 0 radical (unpaired) electrons. The van der Waals surface area contributed by atoms with Crippen molar-refractivity contribution in [2.75, 3.05) is 14.2 Å². The van der Waals surface area contributed by atoms with E-state index in [1.54, 1.807) is 19.2 Å². The van der Waals surface area contributed by atoms with Crippen LogP contribution in [0.4, 0.5) is 0 Å². The number of hydrogen-bond acceptors (Lipinski definition) is 3. The molecule has 1 aromatic carbocycles. The van der Waals surface area contributed by atoms with E-state index in [9.17, 15) is 0 Å². The normalized spacial score (nSPS) is 9.85. The zero-order valence-corrected chi connectivity index (χ0v) is 8.26. The van der Waals surface area contributed by atoms with Gasteiger partial charge in [0, 0.05) is 11.6 Å². The van der Waals surface area contributed by atoms with Gasteiger partial charge in [-0.25, -0.2) is 0 Å². The summed E-state index contributed by atoms with van der Waals surface area (Å²) < 4.78 is 10.0. The van der Waals surface area contributed by atoms with Gasteiger partial charge in [0.1, 0.15) is 11.5 Å². The van der Waals surface area contributed by atoms with Crippen LogP contribution in [-0.2, 0) is 6.61 Å². The van der Waals surface area contributed by atoms with Crippen molar-refractivity contribution in [3.05, 3.63) is 22.7 Å². The Morgan fingerprint density at radius 3 is 2.46 bits per heavy atom. The van der Waals surface area contributed by atoms with Gasteiger partial charge in [-0.3, -0.25) is 0 Å². The van der Waals surface area contributed by atoms with Crippen LogP contribution in [0.15, 0.2) is 12.1 Å². The molecule has 0 saturated carbocycles. The lowest BCUT2D eigenvalue weighted by atomic mass is 10.2. The third kappa shape index (κ3) is 2.05. The Balaban J connectivity index is 3.20. The molecule has 0 unspecified atom stereocenters. The summed E-state index contributed by atoms with van der Waals surface area (Å²) in [5.74, 6) is 1.10. The first-order valence-electron chi connectivity index (χ1n) is 3.74. The molecule has 0 aromatic heterocycles. The molecule has 0 aliphatic carbocycles. The van der Waals surface area contributed by atoms with E-state index in [1.165, 1.54) is 7.11 Å². The van der Waals surface area contributed by atoms with Crippen LogP contribution >= 0.6 is 11.6 Å². The highest BCUT2D eigenvalue weighted by Gasteiger charge is 2.09. The highest BCUT2D eigenvalue weighted by atomic mass is 35.5. The highest BCUT2D eigenvalue weighted by molar-refractivity contribution is 6.32. The van der Waals surface area contributed by atoms with Gasteiger partial charge < -0.3 is 14.6 Å². The molecule has 1 rings (SSSR count). The Labute approximate surface area is 81.9 Å². The second-order valence-electron chi connectivity index (χ2n) is 2.46. The van der Waals surface area contributed by atoms with E-state index in [-0.39, 0.29) is 6.61 Å². The maximum Gasteiger partial charge on any atom is 0.143 e. The molecule has 0 atom stereocenters. The molecule has 0 spiro atoms. The number of hydrogen-bond donors (Lipinski definition) is 1. The lowest BCUT2D eigenvalue weighted by Crippen LogP contribution is -1.94. The fourth-order valence-electron chi connectivity index (χ4n) is 1.09. The van der Waals surface area contributed by atoms with Crippen LogP contribution in [0.3, 0.4) is 0 Å². The van der Waals surface area contributed by atoms with Crippen molar-refractivity contribution < 1.29 is 14.6 Å². The van der Waals surface area contributed by atoms with Crippen LogP contribution in [0.1, 0.15) is 5.56 Å². The van der Waals surface area contributed by atoms with Gasteiger partial charge in [0.25, 0.3) is 0 Å². The van der Waals surface area contributed by atoms with Crippen molar-refractivity contribution in [3.8, 4) is 11.5 Å². The van der Waals surface area contributed by atoms with E-state index in [0.717, 1.165) is 0 Å². The van der Waals surface area contributed by atoms with E-state index in [0.29, 0.717) is 22.1 Å². The summed E-state index contributed by atoms with van der Waals surface area (Å²) in [7, 11) is 3.05. The van der Waals surface area contributed by atoms with E-state index in [1.807, 2.05) is 0 Å². The molecule has 4 heteroatoms. The lowest BCUT2D eigenvalue weighted by Gasteiger charge is -2.10. The molecule has 0 bridgehead atoms. The van der Waals surface area contributed by atoms with Crippen molar-refractivity contribution in [1.29, 1.82) is 0 Å². The first-order valence-corrected chi connectivity index (χ1v) is 4.12. The fourth-order valence-corrected chi connectivity index (χ4v) is 1.39. The minimum Gasteiger partial charge on any atom is -0.497 e. The number of ether oxygens (including phenoxy) is 2. The van der Waals surface area contributed by atoms with Gasteiger partial charge in [0.2, 0.25) is 0 Å². The summed E-state index contributed by atoms with van der Waals surface area (Å²) >= 11 is 5.88. The molecule has 1 N–H and O–H groups in total. The zero-order valence-electron chi connectivity index (χ0n) is 7.50. The van der Waals surface area contributed by atoms with Crippen LogP contribution < -0.4 is 9.47 Å². The van der Waals surface area contributed by atoms with Crippen LogP contribution in [0.2, 0.25) is 5.02 Å². The average molecular weight is 203 g/mol. The Morgan fingerprint density at radius 2 is 2.00 bits per heavy atom. The number of aliphatic hydroxyl groups excluding tert-OH is 1. The van der Waals surface area contributed by atoms with Gasteiger partial charge in [-0.05, 0) is 6.07 Å². The predicted octanol–water partition coefficient (Wildman–Crippen LogP) is 1.85. The highest BCUT2D eigenvalue weighted by Crippen LogP contribution is 2.32. The van der Waals surface area contributed by atoms with Crippen LogP contribution in [-0.4, -0.2) is 19.3 Å². The van der Waals surface area contributed by atoms with E-state index >= 15 is 0 Å². The van der Waals surface area contributed by atoms with Crippen LogP contribution in [0, 0.1) is 0 Å². The average Bonchev–Trinajstić information content (AvgIpc) is 2.16. The molecule has 3 nitrogen and oxygen atoms in total. The maximum atomic E-state index is 9.00. The first-order chi connectivity index (χ1) is 6.22. The standard InChI is InChI=1S/C9H11ClO3/c1-12-7-3-6(5-11)9(13-2)8(10)4-7/h3-4,11H,5H2,1-2H3.